The molecule has 2 rings (SSSR count). The minimum Gasteiger partial charge on any atom is -0.492 e. The van der Waals surface area contributed by atoms with Gasteiger partial charge < -0.3 is 15.4 Å². The Labute approximate surface area is 137 Å². The summed E-state index contributed by atoms with van der Waals surface area (Å²) in [5.41, 5.74) is 2.31. The van der Waals surface area contributed by atoms with E-state index in [9.17, 15) is 9.59 Å². The van der Waals surface area contributed by atoms with E-state index < -0.39 is 0 Å². The third-order valence-electron chi connectivity index (χ3n) is 3.99. The lowest BCUT2D eigenvalue weighted by Crippen LogP contribution is -2.33. The molecule has 126 valence electrons. The van der Waals surface area contributed by atoms with Crippen LogP contribution in [0.2, 0.25) is 0 Å². The van der Waals surface area contributed by atoms with Crippen LogP contribution in [0.4, 0.5) is 0 Å². The van der Waals surface area contributed by atoms with Crippen LogP contribution in [-0.2, 0) is 9.59 Å². The zero-order chi connectivity index (χ0) is 16.8. The summed E-state index contributed by atoms with van der Waals surface area (Å²) in [5.74, 6) is 1.47. The summed E-state index contributed by atoms with van der Waals surface area (Å²) in [4.78, 5) is 23.3. The molecule has 0 heterocycles. The highest BCUT2D eigenvalue weighted by Crippen LogP contribution is 2.37. The van der Waals surface area contributed by atoms with Crippen molar-refractivity contribution in [3.8, 4) is 5.75 Å². The monoisotopic (exact) mass is 318 g/mol. The summed E-state index contributed by atoms with van der Waals surface area (Å²) >= 11 is 0. The molecule has 0 aliphatic heterocycles. The van der Waals surface area contributed by atoms with Crippen molar-refractivity contribution in [3.63, 3.8) is 0 Å². The minimum atomic E-state index is -0.0711. The number of carbonyl (C=O) groups excluding carboxylic acids is 2. The number of hydrogen-bond donors (Lipinski definition) is 2. The van der Waals surface area contributed by atoms with E-state index in [2.05, 4.69) is 23.6 Å². The van der Waals surface area contributed by atoms with Gasteiger partial charge in [0, 0.05) is 18.9 Å². The quantitative estimate of drug-likeness (QED) is 0.720. The molecule has 5 nitrogen and oxygen atoms in total. The van der Waals surface area contributed by atoms with Gasteiger partial charge >= 0.3 is 0 Å². The SMILES string of the molecule is Cc1cc(C)cc(OCCNC(=O)CCNC(=O)[C@H]2C[C@@H]2C)c1. The number of benzene rings is 1. The summed E-state index contributed by atoms with van der Waals surface area (Å²) in [6.07, 6.45) is 1.27. The van der Waals surface area contributed by atoms with Gasteiger partial charge in [0.15, 0.2) is 0 Å². The van der Waals surface area contributed by atoms with Gasteiger partial charge in [0.2, 0.25) is 11.8 Å². The predicted octanol–water partition coefficient (Wildman–Crippen LogP) is 1.96. The largest absolute Gasteiger partial charge is 0.492 e. The minimum absolute atomic E-state index is 0.0711. The molecule has 1 fully saturated rings. The molecule has 5 heteroatoms. The van der Waals surface area contributed by atoms with Gasteiger partial charge in [-0.25, -0.2) is 0 Å². The first-order chi connectivity index (χ1) is 11.0. The molecule has 2 N–H and O–H groups in total. The highest BCUT2D eigenvalue weighted by Gasteiger charge is 2.38. The van der Waals surface area contributed by atoms with E-state index in [0.29, 0.717) is 32.0 Å². The first kappa shape index (κ1) is 17.3. The molecule has 1 aromatic rings. The molecule has 0 aromatic heterocycles. The lowest BCUT2D eigenvalue weighted by atomic mass is 10.1. The van der Waals surface area contributed by atoms with Gasteiger partial charge in [-0.05, 0) is 49.4 Å². The molecule has 0 radical (unpaired) electrons. The maximum absolute atomic E-state index is 11.7. The molecule has 2 amide bonds. The third-order valence-corrected chi connectivity index (χ3v) is 3.99. The van der Waals surface area contributed by atoms with Gasteiger partial charge in [-0.1, -0.05) is 13.0 Å². The number of nitrogens with one attached hydrogen (secondary N) is 2. The van der Waals surface area contributed by atoms with E-state index in [-0.39, 0.29) is 17.7 Å². The summed E-state index contributed by atoms with van der Waals surface area (Å²) in [6, 6.07) is 6.04. The second-order valence-corrected chi connectivity index (χ2v) is 6.38. The van der Waals surface area contributed by atoms with Crippen LogP contribution in [0, 0.1) is 25.7 Å². The molecule has 1 aliphatic carbocycles. The second-order valence-electron chi connectivity index (χ2n) is 6.38. The molecule has 1 saturated carbocycles. The smallest absolute Gasteiger partial charge is 0.223 e. The number of amides is 2. The zero-order valence-electron chi connectivity index (χ0n) is 14.1. The zero-order valence-corrected chi connectivity index (χ0v) is 14.1. The number of hydrogen-bond acceptors (Lipinski definition) is 3. The number of rotatable bonds is 8. The fourth-order valence-electron chi connectivity index (χ4n) is 2.58. The Morgan fingerprint density at radius 2 is 1.78 bits per heavy atom. The van der Waals surface area contributed by atoms with Crippen molar-refractivity contribution in [3.05, 3.63) is 29.3 Å². The molecule has 0 bridgehead atoms. The van der Waals surface area contributed by atoms with Gasteiger partial charge in [0.25, 0.3) is 0 Å². The van der Waals surface area contributed by atoms with Crippen molar-refractivity contribution < 1.29 is 14.3 Å². The van der Waals surface area contributed by atoms with E-state index in [1.165, 1.54) is 0 Å². The lowest BCUT2D eigenvalue weighted by molar-refractivity contribution is -0.123. The Kier molecular flexibility index (Phi) is 6.02. The molecule has 0 unspecified atom stereocenters. The first-order valence-electron chi connectivity index (χ1n) is 8.21. The Balaban J connectivity index is 1.55. The van der Waals surface area contributed by atoms with Crippen molar-refractivity contribution in [2.75, 3.05) is 19.7 Å². The van der Waals surface area contributed by atoms with Crippen LogP contribution >= 0.6 is 0 Å². The van der Waals surface area contributed by atoms with E-state index >= 15 is 0 Å². The maximum atomic E-state index is 11.7. The van der Waals surface area contributed by atoms with Crippen LogP contribution < -0.4 is 15.4 Å². The van der Waals surface area contributed by atoms with Crippen molar-refractivity contribution in [1.29, 1.82) is 0 Å². The van der Waals surface area contributed by atoms with Gasteiger partial charge in [-0.15, -0.1) is 0 Å². The fraction of sp³-hybridized carbons (Fsp3) is 0.556. The van der Waals surface area contributed by atoms with Gasteiger partial charge in [-0.3, -0.25) is 9.59 Å². The lowest BCUT2D eigenvalue weighted by Gasteiger charge is -2.09. The van der Waals surface area contributed by atoms with Crippen molar-refractivity contribution in [1.82, 2.24) is 10.6 Å². The Bertz CT molecular complexity index is 551. The van der Waals surface area contributed by atoms with Crippen LogP contribution in [-0.4, -0.2) is 31.5 Å². The predicted molar refractivity (Wildman–Crippen MR) is 89.3 cm³/mol. The third kappa shape index (κ3) is 5.93. The average molecular weight is 318 g/mol. The van der Waals surface area contributed by atoms with Crippen LogP contribution in [0.1, 0.15) is 30.9 Å². The summed E-state index contributed by atoms with van der Waals surface area (Å²) in [7, 11) is 0. The standard InChI is InChI=1S/C18H26N2O3/c1-12-8-13(2)10-15(9-12)23-7-6-19-17(21)4-5-20-18(22)16-11-14(16)3/h8-10,14,16H,4-7,11H2,1-3H3,(H,19,21)(H,20,22)/t14-,16-/m0/s1. The van der Waals surface area contributed by atoms with Crippen molar-refractivity contribution in [2.45, 2.75) is 33.6 Å². The second kappa shape index (κ2) is 7.99. The van der Waals surface area contributed by atoms with E-state index in [1.54, 1.807) is 0 Å². The van der Waals surface area contributed by atoms with E-state index in [0.717, 1.165) is 23.3 Å². The topological polar surface area (TPSA) is 67.4 Å². The van der Waals surface area contributed by atoms with E-state index in [4.69, 9.17) is 4.74 Å². The molecule has 23 heavy (non-hydrogen) atoms. The normalized spacial score (nSPS) is 19.1. The maximum Gasteiger partial charge on any atom is 0.223 e. The van der Waals surface area contributed by atoms with Crippen LogP contribution in [0.5, 0.6) is 5.75 Å². The summed E-state index contributed by atoms with van der Waals surface area (Å²) in [5, 5.41) is 5.60. The molecular formula is C18H26N2O3. The summed E-state index contributed by atoms with van der Waals surface area (Å²) in [6.45, 7) is 7.40. The number of ether oxygens (including phenoxy) is 1. The summed E-state index contributed by atoms with van der Waals surface area (Å²) < 4.78 is 5.63. The van der Waals surface area contributed by atoms with E-state index in [1.807, 2.05) is 26.0 Å². The molecule has 1 aromatic carbocycles. The molecule has 2 atom stereocenters. The number of aryl methyl sites for hydroxylation is 2. The molecule has 0 spiro atoms. The van der Waals surface area contributed by atoms with Crippen molar-refractivity contribution >= 4 is 11.8 Å². The molecular weight excluding hydrogens is 292 g/mol. The average Bonchev–Trinajstić information content (AvgIpc) is 3.20. The Morgan fingerprint density at radius 1 is 1.13 bits per heavy atom. The van der Waals surface area contributed by atoms with Crippen LogP contribution in [0.15, 0.2) is 18.2 Å². The number of carbonyl (C=O) groups is 2. The highest BCUT2D eigenvalue weighted by atomic mass is 16.5. The Hall–Kier alpha value is -2.04. The van der Waals surface area contributed by atoms with Crippen LogP contribution in [0.25, 0.3) is 0 Å². The van der Waals surface area contributed by atoms with Gasteiger partial charge in [0.05, 0.1) is 6.54 Å². The molecule has 1 aliphatic rings. The highest BCUT2D eigenvalue weighted by molar-refractivity contribution is 5.82. The molecule has 0 saturated heterocycles. The van der Waals surface area contributed by atoms with Gasteiger partial charge in [0.1, 0.15) is 12.4 Å². The fourth-order valence-corrected chi connectivity index (χ4v) is 2.58. The van der Waals surface area contributed by atoms with Crippen molar-refractivity contribution in [2.24, 2.45) is 11.8 Å². The van der Waals surface area contributed by atoms with Gasteiger partial charge in [-0.2, -0.15) is 0 Å². The Morgan fingerprint density at radius 3 is 2.39 bits per heavy atom. The van der Waals surface area contributed by atoms with Crippen LogP contribution in [0.3, 0.4) is 0 Å². The first-order valence-corrected chi connectivity index (χ1v) is 8.21.